The third kappa shape index (κ3) is 2.08. The number of nitrogens with zero attached hydrogens (tertiary/aromatic N) is 3. The molecule has 1 aromatic carbocycles. The first-order chi connectivity index (χ1) is 8.38. The zero-order valence-electron chi connectivity index (χ0n) is 9.71. The molecule has 4 nitrogen and oxygen atoms in total. The highest BCUT2D eigenvalue weighted by Crippen LogP contribution is 2.37. The smallest absolute Gasteiger partial charge is 0.164 e. The SMILES string of the molecule is NCCc1cccc(-c2nncn2C2CC2)c1. The molecule has 2 N–H and O–H groups in total. The average molecular weight is 228 g/mol. The Labute approximate surface area is 100 Å². The molecule has 1 aliphatic carbocycles. The normalized spacial score (nSPS) is 15.1. The van der Waals surface area contributed by atoms with Gasteiger partial charge in [-0.05, 0) is 37.4 Å². The van der Waals surface area contributed by atoms with Crippen molar-refractivity contribution in [2.24, 2.45) is 5.73 Å². The van der Waals surface area contributed by atoms with Crippen LogP contribution in [-0.2, 0) is 6.42 Å². The van der Waals surface area contributed by atoms with Crippen molar-refractivity contribution in [2.45, 2.75) is 25.3 Å². The maximum absolute atomic E-state index is 5.58. The molecule has 0 aliphatic heterocycles. The van der Waals surface area contributed by atoms with Crippen LogP contribution >= 0.6 is 0 Å². The Morgan fingerprint density at radius 1 is 1.35 bits per heavy atom. The molecular formula is C13H16N4. The van der Waals surface area contributed by atoms with Gasteiger partial charge in [0.15, 0.2) is 5.82 Å². The summed E-state index contributed by atoms with van der Waals surface area (Å²) in [6.45, 7) is 0.679. The molecule has 1 aliphatic rings. The molecule has 1 saturated carbocycles. The summed E-state index contributed by atoms with van der Waals surface area (Å²) in [5.41, 5.74) is 7.98. The third-order valence-corrected chi connectivity index (χ3v) is 3.13. The second-order valence-corrected chi connectivity index (χ2v) is 4.53. The van der Waals surface area contributed by atoms with Gasteiger partial charge in [-0.25, -0.2) is 0 Å². The van der Waals surface area contributed by atoms with Crippen LogP contribution in [0.25, 0.3) is 11.4 Å². The Kier molecular flexibility index (Phi) is 2.65. The number of hydrogen-bond acceptors (Lipinski definition) is 3. The van der Waals surface area contributed by atoms with Gasteiger partial charge in [0, 0.05) is 11.6 Å². The number of rotatable bonds is 4. The van der Waals surface area contributed by atoms with E-state index in [0.717, 1.165) is 17.8 Å². The van der Waals surface area contributed by atoms with Gasteiger partial charge in [0.2, 0.25) is 0 Å². The third-order valence-electron chi connectivity index (χ3n) is 3.13. The van der Waals surface area contributed by atoms with Crippen LogP contribution in [0.2, 0.25) is 0 Å². The maximum atomic E-state index is 5.58. The van der Waals surface area contributed by atoms with Crippen molar-refractivity contribution in [1.29, 1.82) is 0 Å². The summed E-state index contributed by atoms with van der Waals surface area (Å²) in [5.74, 6) is 0.978. The summed E-state index contributed by atoms with van der Waals surface area (Å²) in [5, 5.41) is 8.25. The van der Waals surface area contributed by atoms with Gasteiger partial charge in [0.05, 0.1) is 0 Å². The molecule has 17 heavy (non-hydrogen) atoms. The molecule has 4 heteroatoms. The van der Waals surface area contributed by atoms with E-state index in [1.807, 2.05) is 6.33 Å². The fraction of sp³-hybridized carbons (Fsp3) is 0.385. The fourth-order valence-electron chi connectivity index (χ4n) is 2.10. The van der Waals surface area contributed by atoms with Crippen molar-refractivity contribution in [3.8, 4) is 11.4 Å². The first-order valence-electron chi connectivity index (χ1n) is 6.07. The van der Waals surface area contributed by atoms with Crippen LogP contribution in [0.15, 0.2) is 30.6 Å². The van der Waals surface area contributed by atoms with E-state index in [-0.39, 0.29) is 0 Å². The molecule has 2 aromatic rings. The Balaban J connectivity index is 1.96. The molecule has 3 rings (SSSR count). The molecular weight excluding hydrogens is 212 g/mol. The van der Waals surface area contributed by atoms with Crippen molar-refractivity contribution < 1.29 is 0 Å². The molecule has 0 amide bonds. The summed E-state index contributed by atoms with van der Waals surface area (Å²) in [6, 6.07) is 9.03. The summed E-state index contributed by atoms with van der Waals surface area (Å²) in [6.07, 6.45) is 5.23. The van der Waals surface area contributed by atoms with Gasteiger partial charge in [-0.2, -0.15) is 0 Å². The molecule has 88 valence electrons. The fourth-order valence-corrected chi connectivity index (χ4v) is 2.10. The van der Waals surface area contributed by atoms with Crippen molar-refractivity contribution in [3.05, 3.63) is 36.2 Å². The molecule has 0 unspecified atom stereocenters. The number of hydrogen-bond donors (Lipinski definition) is 1. The van der Waals surface area contributed by atoms with E-state index in [0.29, 0.717) is 12.6 Å². The molecule has 0 saturated heterocycles. The zero-order chi connectivity index (χ0) is 11.7. The van der Waals surface area contributed by atoms with E-state index in [1.165, 1.54) is 18.4 Å². The van der Waals surface area contributed by atoms with Gasteiger partial charge in [0.25, 0.3) is 0 Å². The summed E-state index contributed by atoms with van der Waals surface area (Å²) >= 11 is 0. The summed E-state index contributed by atoms with van der Waals surface area (Å²) in [7, 11) is 0. The number of benzene rings is 1. The molecule has 1 aromatic heterocycles. The lowest BCUT2D eigenvalue weighted by Crippen LogP contribution is -2.03. The van der Waals surface area contributed by atoms with Gasteiger partial charge in [-0.1, -0.05) is 18.2 Å². The van der Waals surface area contributed by atoms with Crippen LogP contribution < -0.4 is 5.73 Å². The van der Waals surface area contributed by atoms with Crippen molar-refractivity contribution in [1.82, 2.24) is 14.8 Å². The van der Waals surface area contributed by atoms with Gasteiger partial charge in [0.1, 0.15) is 6.33 Å². The standard InChI is InChI=1S/C13H16N4/c14-7-6-10-2-1-3-11(8-10)13-16-15-9-17(13)12-4-5-12/h1-3,8-9,12H,4-7,14H2. The molecule has 0 spiro atoms. The summed E-state index contributed by atoms with van der Waals surface area (Å²) < 4.78 is 2.18. The molecule has 0 bridgehead atoms. The van der Waals surface area contributed by atoms with Crippen LogP contribution in [-0.4, -0.2) is 21.3 Å². The van der Waals surface area contributed by atoms with Crippen LogP contribution in [0, 0.1) is 0 Å². The second kappa shape index (κ2) is 4.30. The van der Waals surface area contributed by atoms with E-state index < -0.39 is 0 Å². The van der Waals surface area contributed by atoms with Crippen molar-refractivity contribution in [3.63, 3.8) is 0 Å². The van der Waals surface area contributed by atoms with Gasteiger partial charge in [-0.15, -0.1) is 10.2 Å². The Morgan fingerprint density at radius 3 is 3.00 bits per heavy atom. The maximum Gasteiger partial charge on any atom is 0.164 e. The molecule has 1 heterocycles. The lowest BCUT2D eigenvalue weighted by Gasteiger charge is -2.06. The quantitative estimate of drug-likeness (QED) is 0.867. The predicted octanol–water partition coefficient (Wildman–Crippen LogP) is 1.78. The van der Waals surface area contributed by atoms with Crippen molar-refractivity contribution >= 4 is 0 Å². The number of nitrogens with two attached hydrogens (primary N) is 1. The lowest BCUT2D eigenvalue weighted by atomic mass is 10.1. The van der Waals surface area contributed by atoms with Gasteiger partial charge in [-0.3, -0.25) is 0 Å². The Morgan fingerprint density at radius 2 is 2.24 bits per heavy atom. The van der Waals surface area contributed by atoms with Crippen LogP contribution in [0.5, 0.6) is 0 Å². The Hall–Kier alpha value is -1.68. The lowest BCUT2D eigenvalue weighted by molar-refractivity contribution is 0.746. The molecule has 0 radical (unpaired) electrons. The van der Waals surface area contributed by atoms with Crippen molar-refractivity contribution in [2.75, 3.05) is 6.54 Å². The predicted molar refractivity (Wildman–Crippen MR) is 66.5 cm³/mol. The van der Waals surface area contributed by atoms with E-state index in [4.69, 9.17) is 5.73 Å². The van der Waals surface area contributed by atoms with E-state index in [1.54, 1.807) is 0 Å². The highest BCUT2D eigenvalue weighted by Gasteiger charge is 2.26. The minimum Gasteiger partial charge on any atom is -0.330 e. The van der Waals surface area contributed by atoms with E-state index in [9.17, 15) is 0 Å². The number of aromatic nitrogens is 3. The highest BCUT2D eigenvalue weighted by molar-refractivity contribution is 5.56. The second-order valence-electron chi connectivity index (χ2n) is 4.53. The average Bonchev–Trinajstić information content (AvgIpc) is 3.08. The monoisotopic (exact) mass is 228 g/mol. The van der Waals surface area contributed by atoms with E-state index in [2.05, 4.69) is 39.0 Å². The van der Waals surface area contributed by atoms with Crippen LogP contribution in [0.3, 0.4) is 0 Å². The molecule has 1 fully saturated rings. The summed E-state index contributed by atoms with van der Waals surface area (Å²) in [4.78, 5) is 0. The van der Waals surface area contributed by atoms with E-state index >= 15 is 0 Å². The van der Waals surface area contributed by atoms with Gasteiger partial charge < -0.3 is 10.3 Å². The van der Waals surface area contributed by atoms with Gasteiger partial charge >= 0.3 is 0 Å². The molecule has 0 atom stereocenters. The minimum absolute atomic E-state index is 0.609. The Bertz CT molecular complexity index is 514. The largest absolute Gasteiger partial charge is 0.330 e. The highest BCUT2D eigenvalue weighted by atomic mass is 15.3. The van der Waals surface area contributed by atoms with Crippen LogP contribution in [0.4, 0.5) is 0 Å². The minimum atomic E-state index is 0.609. The first kappa shape index (κ1) is 10.5. The zero-order valence-corrected chi connectivity index (χ0v) is 9.71. The first-order valence-corrected chi connectivity index (χ1v) is 6.07. The van der Waals surface area contributed by atoms with Crippen LogP contribution in [0.1, 0.15) is 24.4 Å². The topological polar surface area (TPSA) is 56.7 Å².